The van der Waals surface area contributed by atoms with E-state index in [0.717, 1.165) is 11.1 Å². The number of aryl methyl sites for hydroxylation is 1. The van der Waals surface area contributed by atoms with Gasteiger partial charge in [0.15, 0.2) is 11.4 Å². The van der Waals surface area contributed by atoms with Crippen LogP contribution < -0.4 is 4.90 Å². The molecule has 0 unspecified atom stereocenters. The molecule has 1 N–H and O–H groups in total. The predicted octanol–water partition coefficient (Wildman–Crippen LogP) is 3.40. The van der Waals surface area contributed by atoms with Gasteiger partial charge in [-0.05, 0) is 36.2 Å². The van der Waals surface area contributed by atoms with Gasteiger partial charge in [-0.1, -0.05) is 42.5 Å². The number of nitrogens with zero attached hydrogens (tertiary/aromatic N) is 2. The molecule has 1 aliphatic rings. The van der Waals surface area contributed by atoms with Crippen LogP contribution >= 0.6 is 0 Å². The number of benzene rings is 2. The largest absolute Gasteiger partial charge is 0.375 e. The van der Waals surface area contributed by atoms with Crippen LogP contribution in [-0.2, 0) is 16.9 Å². The molecular formula is C23H20N2O3. The third-order valence-corrected chi connectivity index (χ3v) is 5.23. The highest BCUT2D eigenvalue weighted by Gasteiger charge is 2.50. The molecular weight excluding hydrogens is 352 g/mol. The second kappa shape index (κ2) is 7.02. The first-order valence-corrected chi connectivity index (χ1v) is 9.12. The first-order valence-electron chi connectivity index (χ1n) is 9.12. The van der Waals surface area contributed by atoms with Crippen molar-refractivity contribution in [1.82, 2.24) is 4.98 Å². The predicted molar refractivity (Wildman–Crippen MR) is 106 cm³/mol. The van der Waals surface area contributed by atoms with Gasteiger partial charge in [-0.2, -0.15) is 0 Å². The van der Waals surface area contributed by atoms with E-state index >= 15 is 0 Å². The Hall–Kier alpha value is -3.31. The standard InChI is InChI=1S/C23H20N2O3/c1-16-7-2-3-8-18(16)15-25-20-11-5-4-10-19(20)23(28,22(25)27)13-21(26)17-9-6-12-24-14-17/h2-12,14,28H,13,15H2,1H3/t23-/m0/s1. The second-order valence-corrected chi connectivity index (χ2v) is 7.04. The first-order chi connectivity index (χ1) is 13.5. The number of ketones is 1. The van der Waals surface area contributed by atoms with Gasteiger partial charge in [-0.15, -0.1) is 0 Å². The summed E-state index contributed by atoms with van der Waals surface area (Å²) in [5.74, 6) is -0.800. The van der Waals surface area contributed by atoms with E-state index in [1.165, 1.54) is 6.20 Å². The molecule has 1 atom stereocenters. The lowest BCUT2D eigenvalue weighted by Crippen LogP contribution is -2.41. The van der Waals surface area contributed by atoms with Crippen molar-refractivity contribution in [3.8, 4) is 0 Å². The van der Waals surface area contributed by atoms with Crippen molar-refractivity contribution in [3.05, 3.63) is 95.3 Å². The number of amides is 1. The van der Waals surface area contributed by atoms with Gasteiger partial charge >= 0.3 is 0 Å². The van der Waals surface area contributed by atoms with Gasteiger partial charge in [-0.25, -0.2) is 0 Å². The highest BCUT2D eigenvalue weighted by Crippen LogP contribution is 2.43. The summed E-state index contributed by atoms with van der Waals surface area (Å²) in [6.07, 6.45) is 2.70. The quantitative estimate of drug-likeness (QED) is 0.697. The Kier molecular flexibility index (Phi) is 4.53. The fourth-order valence-corrected chi connectivity index (χ4v) is 3.65. The number of aromatic nitrogens is 1. The molecule has 3 aromatic rings. The van der Waals surface area contributed by atoms with Gasteiger partial charge in [0.2, 0.25) is 0 Å². The number of Topliss-reactive ketones (excluding diaryl/α,β-unsaturated/α-hetero) is 1. The van der Waals surface area contributed by atoms with E-state index in [4.69, 9.17) is 0 Å². The normalized spacial score (nSPS) is 18.2. The minimum atomic E-state index is -1.88. The van der Waals surface area contributed by atoms with Crippen LogP contribution in [0.3, 0.4) is 0 Å². The second-order valence-electron chi connectivity index (χ2n) is 7.04. The zero-order chi connectivity index (χ0) is 19.7. The van der Waals surface area contributed by atoms with E-state index in [0.29, 0.717) is 23.4 Å². The maximum absolute atomic E-state index is 13.3. The molecule has 5 heteroatoms. The lowest BCUT2D eigenvalue weighted by atomic mass is 9.88. The molecule has 0 aliphatic carbocycles. The summed E-state index contributed by atoms with van der Waals surface area (Å²) in [7, 11) is 0. The molecule has 1 aliphatic heterocycles. The van der Waals surface area contributed by atoms with Gasteiger partial charge in [0.25, 0.3) is 5.91 Å². The van der Waals surface area contributed by atoms with Crippen LogP contribution in [0.25, 0.3) is 0 Å². The Bertz CT molecular complexity index is 1050. The maximum atomic E-state index is 13.3. The molecule has 5 nitrogen and oxygen atoms in total. The summed E-state index contributed by atoms with van der Waals surface area (Å²) in [5, 5.41) is 11.3. The Morgan fingerprint density at radius 1 is 1.07 bits per heavy atom. The Balaban J connectivity index is 1.70. The first kappa shape index (κ1) is 18.1. The molecule has 0 radical (unpaired) electrons. The van der Waals surface area contributed by atoms with Crippen molar-refractivity contribution in [2.45, 2.75) is 25.5 Å². The maximum Gasteiger partial charge on any atom is 0.264 e. The molecule has 1 aromatic heterocycles. The molecule has 2 aromatic carbocycles. The minimum Gasteiger partial charge on any atom is -0.375 e. The molecule has 0 fully saturated rings. The highest BCUT2D eigenvalue weighted by atomic mass is 16.3. The SMILES string of the molecule is Cc1ccccc1CN1C(=O)[C@](O)(CC(=O)c2cccnc2)c2ccccc21. The lowest BCUT2D eigenvalue weighted by molar-refractivity contribution is -0.136. The molecule has 2 heterocycles. The van der Waals surface area contributed by atoms with Crippen LogP contribution in [0.15, 0.2) is 73.1 Å². The third kappa shape index (κ3) is 3.00. The molecule has 4 rings (SSSR count). The van der Waals surface area contributed by atoms with Crippen LogP contribution in [-0.4, -0.2) is 21.8 Å². The smallest absolute Gasteiger partial charge is 0.264 e. The molecule has 1 amide bonds. The fraction of sp³-hybridized carbons (Fsp3) is 0.174. The van der Waals surface area contributed by atoms with Crippen molar-refractivity contribution in [1.29, 1.82) is 0 Å². The van der Waals surface area contributed by atoms with E-state index in [1.807, 2.05) is 37.3 Å². The van der Waals surface area contributed by atoms with Crippen LogP contribution in [0.1, 0.15) is 33.5 Å². The van der Waals surface area contributed by atoms with Gasteiger partial charge in [0.1, 0.15) is 0 Å². The molecule has 0 saturated heterocycles. The number of aliphatic hydroxyl groups is 1. The summed E-state index contributed by atoms with van der Waals surface area (Å²) in [6.45, 7) is 2.33. The highest BCUT2D eigenvalue weighted by molar-refractivity contribution is 6.10. The Morgan fingerprint density at radius 2 is 1.82 bits per heavy atom. The average Bonchev–Trinajstić information content (AvgIpc) is 2.92. The number of para-hydroxylation sites is 1. The van der Waals surface area contributed by atoms with Crippen molar-refractivity contribution in [2.75, 3.05) is 4.90 Å². The lowest BCUT2D eigenvalue weighted by Gasteiger charge is -2.23. The number of hydrogen-bond acceptors (Lipinski definition) is 4. The van der Waals surface area contributed by atoms with Gasteiger partial charge in [0.05, 0.1) is 18.7 Å². The van der Waals surface area contributed by atoms with Crippen molar-refractivity contribution in [2.24, 2.45) is 0 Å². The van der Waals surface area contributed by atoms with Gasteiger partial charge in [-0.3, -0.25) is 14.6 Å². The zero-order valence-corrected chi connectivity index (χ0v) is 15.5. The fourth-order valence-electron chi connectivity index (χ4n) is 3.65. The number of hydrogen-bond donors (Lipinski definition) is 1. The zero-order valence-electron chi connectivity index (χ0n) is 15.5. The summed E-state index contributed by atoms with van der Waals surface area (Å²) >= 11 is 0. The summed E-state index contributed by atoms with van der Waals surface area (Å²) in [5.41, 5.74) is 1.65. The van der Waals surface area contributed by atoms with E-state index < -0.39 is 11.5 Å². The summed E-state index contributed by atoms with van der Waals surface area (Å²) < 4.78 is 0. The van der Waals surface area contributed by atoms with Gasteiger partial charge in [0, 0.05) is 23.5 Å². The third-order valence-electron chi connectivity index (χ3n) is 5.23. The Morgan fingerprint density at radius 3 is 2.57 bits per heavy atom. The van der Waals surface area contributed by atoms with Gasteiger partial charge < -0.3 is 10.0 Å². The topological polar surface area (TPSA) is 70.5 Å². The van der Waals surface area contributed by atoms with E-state index in [2.05, 4.69) is 4.98 Å². The number of carbonyl (C=O) groups excluding carboxylic acids is 2. The van der Waals surface area contributed by atoms with Crippen molar-refractivity contribution < 1.29 is 14.7 Å². The van der Waals surface area contributed by atoms with Crippen LogP contribution in [0.5, 0.6) is 0 Å². The number of rotatable bonds is 5. The number of fused-ring (bicyclic) bond motifs is 1. The minimum absolute atomic E-state index is 0.321. The monoisotopic (exact) mass is 372 g/mol. The van der Waals surface area contributed by atoms with Crippen LogP contribution in [0, 0.1) is 6.92 Å². The van der Waals surface area contributed by atoms with E-state index in [-0.39, 0.29) is 12.2 Å². The Labute approximate surface area is 163 Å². The molecule has 0 spiro atoms. The van der Waals surface area contributed by atoms with Crippen LogP contribution in [0.4, 0.5) is 5.69 Å². The van der Waals surface area contributed by atoms with E-state index in [9.17, 15) is 14.7 Å². The number of pyridine rings is 1. The number of carbonyl (C=O) groups is 2. The molecule has 0 saturated carbocycles. The summed E-state index contributed by atoms with van der Waals surface area (Å²) in [4.78, 5) is 31.5. The van der Waals surface area contributed by atoms with Crippen molar-refractivity contribution in [3.63, 3.8) is 0 Å². The van der Waals surface area contributed by atoms with E-state index in [1.54, 1.807) is 41.4 Å². The van der Waals surface area contributed by atoms with Crippen LogP contribution in [0.2, 0.25) is 0 Å². The average molecular weight is 372 g/mol. The molecule has 140 valence electrons. The number of anilines is 1. The summed E-state index contributed by atoms with van der Waals surface area (Å²) in [6, 6.07) is 18.2. The molecule has 0 bridgehead atoms. The molecule has 28 heavy (non-hydrogen) atoms. The van der Waals surface area contributed by atoms with Crippen molar-refractivity contribution >= 4 is 17.4 Å².